The molecule has 1 aromatic carbocycles. The lowest BCUT2D eigenvalue weighted by molar-refractivity contribution is -0.127. The van der Waals surface area contributed by atoms with Crippen molar-refractivity contribution in [2.75, 3.05) is 26.0 Å². The van der Waals surface area contributed by atoms with Crippen LogP contribution in [0.4, 0.5) is 0 Å². The minimum Gasteiger partial charge on any atom is -0.497 e. The number of benzene rings is 1. The maximum absolute atomic E-state index is 12.1. The molecule has 0 radical (unpaired) electrons. The van der Waals surface area contributed by atoms with Crippen LogP contribution in [0, 0.1) is 0 Å². The Morgan fingerprint density at radius 3 is 2.95 bits per heavy atom. The van der Waals surface area contributed by atoms with Crippen LogP contribution in [-0.2, 0) is 4.79 Å². The number of ether oxygens (including phenoxy) is 1. The summed E-state index contributed by atoms with van der Waals surface area (Å²) in [4.78, 5) is 14.0. The maximum Gasteiger partial charge on any atom is 0.233 e. The van der Waals surface area contributed by atoms with Crippen molar-refractivity contribution in [2.45, 2.75) is 18.0 Å². The zero-order valence-electron chi connectivity index (χ0n) is 12.3. The largest absolute Gasteiger partial charge is 0.497 e. The maximum atomic E-state index is 12.1. The Labute approximate surface area is 132 Å². The van der Waals surface area contributed by atoms with Crippen LogP contribution in [0.5, 0.6) is 5.75 Å². The molecule has 2 aromatic rings. The van der Waals surface area contributed by atoms with Gasteiger partial charge in [-0.25, -0.2) is 0 Å². The topological polar surface area (TPSA) is 73.1 Å². The van der Waals surface area contributed by atoms with Crippen LogP contribution in [0.3, 0.4) is 0 Å². The van der Waals surface area contributed by atoms with Crippen molar-refractivity contribution in [1.82, 2.24) is 25.1 Å². The molecular formula is C14H17N5O2S. The molecule has 2 heterocycles. The van der Waals surface area contributed by atoms with E-state index in [0.29, 0.717) is 10.9 Å². The average molecular weight is 319 g/mol. The van der Waals surface area contributed by atoms with Gasteiger partial charge >= 0.3 is 0 Å². The number of nitrogens with zero attached hydrogens (tertiary/aromatic N) is 5. The molecule has 1 aromatic heterocycles. The van der Waals surface area contributed by atoms with Crippen LogP contribution in [0.2, 0.25) is 0 Å². The summed E-state index contributed by atoms with van der Waals surface area (Å²) < 4.78 is 6.82. The first-order chi connectivity index (χ1) is 10.8. The molecule has 1 aliphatic rings. The fourth-order valence-corrected chi connectivity index (χ4v) is 3.15. The number of rotatable bonds is 5. The number of hydrogen-bond donors (Lipinski definition) is 0. The molecule has 1 amide bonds. The Hall–Kier alpha value is -2.09. The third-order valence-electron chi connectivity index (χ3n) is 3.52. The number of amides is 1. The van der Waals surface area contributed by atoms with Crippen LogP contribution in [0.1, 0.15) is 12.8 Å². The number of likely N-dealkylation sites (tertiary alicyclic amines) is 1. The highest BCUT2D eigenvalue weighted by molar-refractivity contribution is 7.99. The van der Waals surface area contributed by atoms with E-state index in [-0.39, 0.29) is 5.91 Å². The van der Waals surface area contributed by atoms with E-state index >= 15 is 0 Å². The third-order valence-corrected chi connectivity index (χ3v) is 4.43. The molecule has 3 rings (SSSR count). The molecule has 116 valence electrons. The van der Waals surface area contributed by atoms with Crippen molar-refractivity contribution < 1.29 is 9.53 Å². The van der Waals surface area contributed by atoms with Gasteiger partial charge in [-0.1, -0.05) is 17.8 Å². The van der Waals surface area contributed by atoms with Crippen LogP contribution < -0.4 is 4.74 Å². The van der Waals surface area contributed by atoms with Gasteiger partial charge in [0.25, 0.3) is 0 Å². The highest BCUT2D eigenvalue weighted by atomic mass is 32.2. The molecule has 22 heavy (non-hydrogen) atoms. The van der Waals surface area contributed by atoms with Crippen molar-refractivity contribution in [3.63, 3.8) is 0 Å². The molecule has 0 aliphatic carbocycles. The predicted octanol–water partition coefficient (Wildman–Crippen LogP) is 1.39. The van der Waals surface area contributed by atoms with Crippen LogP contribution in [0.25, 0.3) is 5.69 Å². The summed E-state index contributed by atoms with van der Waals surface area (Å²) in [6.07, 6.45) is 2.19. The Balaban J connectivity index is 1.70. The Morgan fingerprint density at radius 2 is 2.18 bits per heavy atom. The number of hydrogen-bond acceptors (Lipinski definition) is 6. The number of carbonyl (C=O) groups excluding carboxylic acids is 1. The molecule has 7 nitrogen and oxygen atoms in total. The van der Waals surface area contributed by atoms with Gasteiger partial charge in [0.2, 0.25) is 11.1 Å². The molecule has 0 N–H and O–H groups in total. The standard InChI is InChI=1S/C14H17N5O2S/c1-21-12-6-4-5-11(9-12)19-14(15-16-17-19)22-10-13(20)18-7-2-3-8-18/h4-6,9H,2-3,7-8,10H2,1H3. The lowest BCUT2D eigenvalue weighted by atomic mass is 10.3. The number of methoxy groups -OCH3 is 1. The van der Waals surface area contributed by atoms with Crippen molar-refractivity contribution >= 4 is 17.7 Å². The smallest absolute Gasteiger partial charge is 0.233 e. The highest BCUT2D eigenvalue weighted by Crippen LogP contribution is 2.22. The zero-order valence-corrected chi connectivity index (χ0v) is 13.1. The number of tetrazole rings is 1. The van der Waals surface area contributed by atoms with Gasteiger partial charge in [0.15, 0.2) is 0 Å². The molecular weight excluding hydrogens is 302 g/mol. The van der Waals surface area contributed by atoms with E-state index in [1.165, 1.54) is 11.8 Å². The van der Waals surface area contributed by atoms with Gasteiger partial charge in [-0.3, -0.25) is 4.79 Å². The molecule has 1 aliphatic heterocycles. The van der Waals surface area contributed by atoms with Gasteiger partial charge in [0.05, 0.1) is 18.6 Å². The second kappa shape index (κ2) is 6.78. The van der Waals surface area contributed by atoms with Gasteiger partial charge in [-0.2, -0.15) is 4.68 Å². The summed E-state index contributed by atoms with van der Waals surface area (Å²) in [5, 5.41) is 12.3. The monoisotopic (exact) mass is 319 g/mol. The number of carbonyl (C=O) groups is 1. The number of aromatic nitrogens is 4. The van der Waals surface area contributed by atoms with Gasteiger partial charge in [-0.15, -0.1) is 5.10 Å². The molecule has 1 saturated heterocycles. The van der Waals surface area contributed by atoms with Crippen LogP contribution >= 0.6 is 11.8 Å². The van der Waals surface area contributed by atoms with Crippen LogP contribution in [-0.4, -0.2) is 57.0 Å². The summed E-state index contributed by atoms with van der Waals surface area (Å²) >= 11 is 1.35. The molecule has 0 spiro atoms. The van der Waals surface area contributed by atoms with Gasteiger partial charge < -0.3 is 9.64 Å². The Morgan fingerprint density at radius 1 is 1.36 bits per heavy atom. The van der Waals surface area contributed by atoms with Gasteiger partial charge in [0.1, 0.15) is 5.75 Å². The molecule has 0 atom stereocenters. The van der Waals surface area contributed by atoms with E-state index in [2.05, 4.69) is 15.5 Å². The first kappa shape index (κ1) is 14.8. The molecule has 0 bridgehead atoms. The summed E-state index contributed by atoms with van der Waals surface area (Å²) in [7, 11) is 1.61. The second-order valence-corrected chi connectivity index (χ2v) is 5.89. The second-order valence-electron chi connectivity index (χ2n) is 4.95. The van der Waals surface area contributed by atoms with E-state index in [9.17, 15) is 4.79 Å². The normalized spacial score (nSPS) is 14.3. The summed E-state index contributed by atoms with van der Waals surface area (Å²) in [5.74, 6) is 1.23. The molecule has 1 fully saturated rings. The number of thioether (sulfide) groups is 1. The Kier molecular flexibility index (Phi) is 4.57. The summed E-state index contributed by atoms with van der Waals surface area (Å²) in [6, 6.07) is 7.48. The van der Waals surface area contributed by atoms with Crippen molar-refractivity contribution in [2.24, 2.45) is 0 Å². The van der Waals surface area contributed by atoms with E-state index in [1.807, 2.05) is 29.2 Å². The van der Waals surface area contributed by atoms with Crippen molar-refractivity contribution in [3.8, 4) is 11.4 Å². The minimum absolute atomic E-state index is 0.141. The third kappa shape index (κ3) is 3.22. The van der Waals surface area contributed by atoms with Crippen molar-refractivity contribution in [1.29, 1.82) is 0 Å². The average Bonchev–Trinajstić information content (AvgIpc) is 3.24. The molecule has 8 heteroatoms. The lowest BCUT2D eigenvalue weighted by Crippen LogP contribution is -2.29. The van der Waals surface area contributed by atoms with Gasteiger partial charge in [-0.05, 0) is 35.4 Å². The van der Waals surface area contributed by atoms with E-state index < -0.39 is 0 Å². The predicted molar refractivity (Wildman–Crippen MR) is 82.2 cm³/mol. The van der Waals surface area contributed by atoms with Crippen LogP contribution in [0.15, 0.2) is 29.4 Å². The minimum atomic E-state index is 0.141. The first-order valence-corrected chi connectivity index (χ1v) is 8.10. The zero-order chi connectivity index (χ0) is 15.4. The quantitative estimate of drug-likeness (QED) is 0.775. The van der Waals surface area contributed by atoms with E-state index in [0.717, 1.165) is 37.4 Å². The summed E-state index contributed by atoms with van der Waals surface area (Å²) in [5.41, 5.74) is 0.806. The summed E-state index contributed by atoms with van der Waals surface area (Å²) in [6.45, 7) is 1.72. The Bertz CT molecular complexity index is 654. The van der Waals surface area contributed by atoms with E-state index in [4.69, 9.17) is 4.74 Å². The van der Waals surface area contributed by atoms with E-state index in [1.54, 1.807) is 11.8 Å². The molecule has 0 unspecified atom stereocenters. The molecule has 0 saturated carbocycles. The lowest BCUT2D eigenvalue weighted by Gasteiger charge is -2.14. The SMILES string of the molecule is COc1cccc(-n2nnnc2SCC(=O)N2CCCC2)c1. The highest BCUT2D eigenvalue weighted by Gasteiger charge is 2.19. The van der Waals surface area contributed by atoms with Gasteiger partial charge in [0, 0.05) is 19.2 Å². The van der Waals surface area contributed by atoms with Crippen molar-refractivity contribution in [3.05, 3.63) is 24.3 Å². The fraction of sp³-hybridized carbons (Fsp3) is 0.429. The fourth-order valence-electron chi connectivity index (χ4n) is 2.36. The first-order valence-electron chi connectivity index (χ1n) is 7.11.